The van der Waals surface area contributed by atoms with Crippen LogP contribution in [0, 0.1) is 5.92 Å². The van der Waals surface area contributed by atoms with E-state index in [-0.39, 0.29) is 5.91 Å². The van der Waals surface area contributed by atoms with Crippen molar-refractivity contribution in [1.82, 2.24) is 10.6 Å². The van der Waals surface area contributed by atoms with Crippen molar-refractivity contribution in [2.24, 2.45) is 5.92 Å². The zero-order valence-corrected chi connectivity index (χ0v) is 7.73. The first-order valence-corrected chi connectivity index (χ1v) is 4.74. The molecule has 12 heavy (non-hydrogen) atoms. The first-order chi connectivity index (χ1) is 5.83. The minimum absolute atomic E-state index is 0.142. The quantitative estimate of drug-likeness (QED) is 0.570. The maximum atomic E-state index is 10.8. The lowest BCUT2D eigenvalue weighted by Crippen LogP contribution is -2.22. The summed E-state index contributed by atoms with van der Waals surface area (Å²) in [7, 11) is 1.68. The van der Waals surface area contributed by atoms with Crippen molar-refractivity contribution < 1.29 is 4.79 Å². The molecule has 0 aromatic carbocycles. The predicted octanol–water partition coefficient (Wildman–Crippen LogP) is 0.512. The van der Waals surface area contributed by atoms with E-state index in [1.807, 2.05) is 0 Å². The number of nitrogens with one attached hydrogen (secondary N) is 2. The van der Waals surface area contributed by atoms with Gasteiger partial charge in [0.2, 0.25) is 5.91 Å². The van der Waals surface area contributed by atoms with Gasteiger partial charge in [0.1, 0.15) is 0 Å². The van der Waals surface area contributed by atoms with Gasteiger partial charge in [-0.3, -0.25) is 4.79 Å². The Labute approximate surface area is 73.9 Å². The first-order valence-electron chi connectivity index (χ1n) is 4.74. The maximum Gasteiger partial charge on any atom is 0.219 e. The van der Waals surface area contributed by atoms with E-state index in [9.17, 15) is 4.79 Å². The van der Waals surface area contributed by atoms with Gasteiger partial charge in [-0.25, -0.2) is 0 Å². The van der Waals surface area contributed by atoms with Crippen molar-refractivity contribution in [1.29, 1.82) is 0 Å². The van der Waals surface area contributed by atoms with Gasteiger partial charge in [0.05, 0.1) is 0 Å². The third-order valence-electron chi connectivity index (χ3n) is 2.17. The van der Waals surface area contributed by atoms with Crippen LogP contribution >= 0.6 is 0 Å². The molecule has 0 atom stereocenters. The topological polar surface area (TPSA) is 41.1 Å². The van der Waals surface area contributed by atoms with Crippen molar-refractivity contribution in [3.63, 3.8) is 0 Å². The Hall–Kier alpha value is -0.570. The lowest BCUT2D eigenvalue weighted by molar-refractivity contribution is -0.120. The van der Waals surface area contributed by atoms with E-state index >= 15 is 0 Å². The van der Waals surface area contributed by atoms with Gasteiger partial charge in [0, 0.05) is 13.5 Å². The number of amides is 1. The molecular weight excluding hydrogens is 152 g/mol. The number of carbonyl (C=O) groups excluding carboxylic acids is 1. The van der Waals surface area contributed by atoms with Crippen LogP contribution in [-0.2, 0) is 4.79 Å². The highest BCUT2D eigenvalue weighted by atomic mass is 16.1. The Morgan fingerprint density at radius 2 is 2.25 bits per heavy atom. The third kappa shape index (κ3) is 4.34. The van der Waals surface area contributed by atoms with Crippen LogP contribution in [0.2, 0.25) is 0 Å². The molecule has 0 spiro atoms. The molecule has 0 radical (unpaired) electrons. The van der Waals surface area contributed by atoms with E-state index in [0.29, 0.717) is 6.42 Å². The van der Waals surface area contributed by atoms with Crippen LogP contribution in [-0.4, -0.2) is 26.0 Å². The second-order valence-electron chi connectivity index (χ2n) is 3.42. The molecule has 0 aromatic heterocycles. The highest BCUT2D eigenvalue weighted by molar-refractivity contribution is 5.75. The predicted molar refractivity (Wildman–Crippen MR) is 48.9 cm³/mol. The van der Waals surface area contributed by atoms with Crippen molar-refractivity contribution >= 4 is 5.91 Å². The van der Waals surface area contributed by atoms with Crippen LogP contribution < -0.4 is 10.6 Å². The summed E-state index contributed by atoms with van der Waals surface area (Å²) in [4.78, 5) is 10.8. The zero-order chi connectivity index (χ0) is 8.81. The highest BCUT2D eigenvalue weighted by Crippen LogP contribution is 2.27. The van der Waals surface area contributed by atoms with E-state index in [4.69, 9.17) is 0 Å². The molecule has 0 saturated heterocycles. The molecule has 0 bridgehead atoms. The summed E-state index contributed by atoms with van der Waals surface area (Å²) >= 11 is 0. The molecule has 3 heteroatoms. The fourth-order valence-corrected chi connectivity index (χ4v) is 1.13. The van der Waals surface area contributed by atoms with Gasteiger partial charge in [-0.05, 0) is 38.3 Å². The summed E-state index contributed by atoms with van der Waals surface area (Å²) in [5, 5.41) is 5.96. The Bertz CT molecular complexity index is 143. The molecule has 1 rings (SSSR count). The third-order valence-corrected chi connectivity index (χ3v) is 2.17. The number of rotatable bonds is 6. The average molecular weight is 170 g/mol. The molecule has 1 aliphatic carbocycles. The van der Waals surface area contributed by atoms with E-state index < -0.39 is 0 Å². The summed E-state index contributed by atoms with van der Waals surface area (Å²) in [6.45, 7) is 2.12. The van der Waals surface area contributed by atoms with Crippen molar-refractivity contribution in [3.8, 4) is 0 Å². The second kappa shape index (κ2) is 5.14. The molecule has 0 aliphatic heterocycles. The van der Waals surface area contributed by atoms with Crippen LogP contribution in [0.25, 0.3) is 0 Å². The van der Waals surface area contributed by atoms with E-state index in [0.717, 1.165) is 25.4 Å². The summed E-state index contributed by atoms with van der Waals surface area (Å²) in [5.74, 6) is 1.08. The van der Waals surface area contributed by atoms with Crippen LogP contribution in [0.5, 0.6) is 0 Å². The molecule has 1 saturated carbocycles. The lowest BCUT2D eigenvalue weighted by Gasteiger charge is -2.02. The fraction of sp³-hybridized carbons (Fsp3) is 0.889. The Balaban J connectivity index is 1.78. The molecule has 2 N–H and O–H groups in total. The van der Waals surface area contributed by atoms with Crippen LogP contribution in [0.1, 0.15) is 25.7 Å². The smallest absolute Gasteiger partial charge is 0.219 e. The van der Waals surface area contributed by atoms with Gasteiger partial charge in [-0.15, -0.1) is 0 Å². The van der Waals surface area contributed by atoms with Crippen LogP contribution in [0.3, 0.4) is 0 Å². The average Bonchev–Trinajstić information content (AvgIpc) is 2.87. The Morgan fingerprint density at radius 1 is 1.50 bits per heavy atom. The second-order valence-corrected chi connectivity index (χ2v) is 3.42. The minimum atomic E-state index is 0.142. The first kappa shape index (κ1) is 9.52. The Morgan fingerprint density at radius 3 is 2.83 bits per heavy atom. The molecule has 0 unspecified atom stereocenters. The standard InChI is InChI=1S/C9H18N2O/c1-10-9(12)3-2-6-11-7-8-4-5-8/h8,11H,2-7H2,1H3,(H,10,12). The van der Waals surface area contributed by atoms with E-state index in [1.165, 1.54) is 12.8 Å². The largest absolute Gasteiger partial charge is 0.359 e. The minimum Gasteiger partial charge on any atom is -0.359 e. The SMILES string of the molecule is CNC(=O)CCCNCC1CC1. The summed E-state index contributed by atoms with van der Waals surface area (Å²) in [6.07, 6.45) is 4.38. The highest BCUT2D eigenvalue weighted by Gasteiger charge is 2.19. The van der Waals surface area contributed by atoms with Gasteiger partial charge in [0.25, 0.3) is 0 Å². The monoisotopic (exact) mass is 170 g/mol. The molecule has 70 valence electrons. The lowest BCUT2D eigenvalue weighted by atomic mass is 10.3. The van der Waals surface area contributed by atoms with Crippen molar-refractivity contribution in [3.05, 3.63) is 0 Å². The van der Waals surface area contributed by atoms with Gasteiger partial charge in [-0.1, -0.05) is 0 Å². The molecule has 1 fully saturated rings. The molecule has 1 amide bonds. The normalized spacial score (nSPS) is 16.1. The van der Waals surface area contributed by atoms with Gasteiger partial charge < -0.3 is 10.6 Å². The van der Waals surface area contributed by atoms with E-state index in [1.54, 1.807) is 7.05 Å². The number of hydrogen-bond acceptors (Lipinski definition) is 2. The molecular formula is C9H18N2O. The summed E-state index contributed by atoms with van der Waals surface area (Å²) in [5.41, 5.74) is 0. The van der Waals surface area contributed by atoms with Crippen LogP contribution in [0.15, 0.2) is 0 Å². The maximum absolute atomic E-state index is 10.8. The molecule has 0 aromatic rings. The van der Waals surface area contributed by atoms with Gasteiger partial charge in [0.15, 0.2) is 0 Å². The Kier molecular flexibility index (Phi) is 4.08. The number of hydrogen-bond donors (Lipinski definition) is 2. The molecule has 0 heterocycles. The fourth-order valence-electron chi connectivity index (χ4n) is 1.13. The zero-order valence-electron chi connectivity index (χ0n) is 7.73. The van der Waals surface area contributed by atoms with Crippen LogP contribution in [0.4, 0.5) is 0 Å². The van der Waals surface area contributed by atoms with Gasteiger partial charge >= 0.3 is 0 Å². The number of carbonyl (C=O) groups is 1. The van der Waals surface area contributed by atoms with Crippen molar-refractivity contribution in [2.45, 2.75) is 25.7 Å². The van der Waals surface area contributed by atoms with E-state index in [2.05, 4.69) is 10.6 Å². The van der Waals surface area contributed by atoms with Crippen molar-refractivity contribution in [2.75, 3.05) is 20.1 Å². The van der Waals surface area contributed by atoms with Gasteiger partial charge in [-0.2, -0.15) is 0 Å². The molecule has 1 aliphatic rings. The molecule has 3 nitrogen and oxygen atoms in total. The summed E-state index contributed by atoms with van der Waals surface area (Å²) in [6, 6.07) is 0. The summed E-state index contributed by atoms with van der Waals surface area (Å²) < 4.78 is 0.